The zero-order valence-corrected chi connectivity index (χ0v) is 20.1. The zero-order chi connectivity index (χ0) is 23.8. The van der Waals surface area contributed by atoms with Gasteiger partial charge >= 0.3 is 0 Å². The van der Waals surface area contributed by atoms with Crippen LogP contribution in [0.3, 0.4) is 0 Å². The second kappa shape index (κ2) is 9.41. The fourth-order valence-corrected chi connectivity index (χ4v) is 5.73. The van der Waals surface area contributed by atoms with Gasteiger partial charge in [-0.15, -0.1) is 0 Å². The first kappa shape index (κ1) is 22.9. The van der Waals surface area contributed by atoms with Gasteiger partial charge in [0, 0.05) is 47.1 Å². The summed E-state index contributed by atoms with van der Waals surface area (Å²) in [6.45, 7) is 12.2. The predicted molar refractivity (Wildman–Crippen MR) is 135 cm³/mol. The van der Waals surface area contributed by atoms with Gasteiger partial charge in [-0.25, -0.2) is 8.78 Å². The molecule has 6 heteroatoms. The van der Waals surface area contributed by atoms with E-state index in [0.29, 0.717) is 12.2 Å². The van der Waals surface area contributed by atoms with E-state index in [2.05, 4.69) is 39.7 Å². The number of nitrogens with one attached hydrogen (secondary N) is 2. The molecule has 2 atom stereocenters. The van der Waals surface area contributed by atoms with Crippen molar-refractivity contribution in [3.05, 3.63) is 77.1 Å². The number of halogens is 2. The Morgan fingerprint density at radius 1 is 1.15 bits per heavy atom. The van der Waals surface area contributed by atoms with Crippen LogP contribution in [0.2, 0.25) is 0 Å². The Balaban J connectivity index is 1.52. The number of allylic oxidation sites excluding steroid dienone is 1. The molecule has 180 valence electrons. The van der Waals surface area contributed by atoms with Gasteiger partial charge in [0.1, 0.15) is 17.7 Å². The number of H-pyrrole nitrogens is 1. The van der Waals surface area contributed by atoms with Crippen LogP contribution >= 0.6 is 0 Å². The lowest BCUT2D eigenvalue weighted by Gasteiger charge is -2.43. The third-order valence-corrected chi connectivity index (χ3v) is 7.45. The number of anilines is 1. The minimum Gasteiger partial charge on any atom is -0.384 e. The van der Waals surface area contributed by atoms with Crippen molar-refractivity contribution < 1.29 is 8.78 Å². The molecule has 34 heavy (non-hydrogen) atoms. The van der Waals surface area contributed by atoms with E-state index in [1.54, 1.807) is 0 Å². The van der Waals surface area contributed by atoms with Crippen molar-refractivity contribution in [1.82, 2.24) is 14.8 Å². The minimum atomic E-state index is -0.586. The van der Waals surface area contributed by atoms with E-state index in [4.69, 9.17) is 0 Å². The molecule has 0 amide bonds. The van der Waals surface area contributed by atoms with Gasteiger partial charge in [0.05, 0.1) is 5.56 Å². The molecular formula is C28H34F2N4. The molecular weight excluding hydrogens is 430 g/mol. The maximum Gasteiger partial charge on any atom is 0.133 e. The minimum absolute atomic E-state index is 0.0706. The molecule has 1 aromatic heterocycles. The van der Waals surface area contributed by atoms with Gasteiger partial charge in [0.15, 0.2) is 0 Å². The summed E-state index contributed by atoms with van der Waals surface area (Å²) in [5.41, 5.74) is 4.45. The van der Waals surface area contributed by atoms with Crippen molar-refractivity contribution in [2.45, 2.75) is 51.6 Å². The van der Waals surface area contributed by atoms with Crippen molar-refractivity contribution >= 4 is 16.6 Å². The molecule has 2 aliphatic heterocycles. The quantitative estimate of drug-likeness (QED) is 0.436. The fourth-order valence-electron chi connectivity index (χ4n) is 5.73. The van der Waals surface area contributed by atoms with Crippen LogP contribution in [0.4, 0.5) is 14.5 Å². The molecule has 0 radical (unpaired) electrons. The van der Waals surface area contributed by atoms with Crippen LogP contribution in [0, 0.1) is 11.6 Å². The molecule has 0 spiro atoms. The molecule has 2 aliphatic rings. The van der Waals surface area contributed by atoms with Gasteiger partial charge in [-0.1, -0.05) is 31.7 Å². The smallest absolute Gasteiger partial charge is 0.133 e. The molecule has 0 bridgehead atoms. The maximum atomic E-state index is 15.7. The van der Waals surface area contributed by atoms with E-state index in [1.165, 1.54) is 25.0 Å². The number of aromatic amines is 1. The van der Waals surface area contributed by atoms with Crippen molar-refractivity contribution in [3.63, 3.8) is 0 Å². The van der Waals surface area contributed by atoms with Crippen LogP contribution in [0.25, 0.3) is 10.9 Å². The topological polar surface area (TPSA) is 34.3 Å². The fraction of sp³-hybridized carbons (Fsp3) is 0.429. The highest BCUT2D eigenvalue weighted by molar-refractivity contribution is 5.85. The van der Waals surface area contributed by atoms with E-state index < -0.39 is 17.7 Å². The molecule has 4 nitrogen and oxygen atoms in total. The third kappa shape index (κ3) is 4.09. The van der Waals surface area contributed by atoms with Gasteiger partial charge < -0.3 is 20.1 Å². The van der Waals surface area contributed by atoms with Crippen LogP contribution < -0.4 is 5.32 Å². The maximum absolute atomic E-state index is 15.7. The number of benzene rings is 2. The first-order valence-electron chi connectivity index (χ1n) is 12.5. The summed E-state index contributed by atoms with van der Waals surface area (Å²) in [5.74, 6) is -1.05. The lowest BCUT2D eigenvalue weighted by molar-refractivity contribution is 0.189. The van der Waals surface area contributed by atoms with Crippen LogP contribution in [0.15, 0.2) is 48.7 Å². The highest BCUT2D eigenvalue weighted by atomic mass is 19.1. The number of nitrogens with zero attached hydrogens (tertiary/aromatic N) is 2. The highest BCUT2D eigenvalue weighted by Gasteiger charge is 2.39. The Morgan fingerprint density at radius 2 is 1.85 bits per heavy atom. The van der Waals surface area contributed by atoms with E-state index in [0.717, 1.165) is 60.3 Å². The summed E-state index contributed by atoms with van der Waals surface area (Å²) in [5, 5.41) is 4.34. The SMILES string of the molecule is C=C(CC)N1[C@H](c2c(F)cc(NCCN3CCCC3)cc2F)c2[nH]c3ccccc3c2C[C@H]1C. The Hall–Kier alpha value is -2.86. The number of rotatable bonds is 7. The van der Waals surface area contributed by atoms with Gasteiger partial charge in [-0.3, -0.25) is 0 Å². The Morgan fingerprint density at radius 3 is 2.56 bits per heavy atom. The normalized spacial score (nSPS) is 20.6. The lowest BCUT2D eigenvalue weighted by atomic mass is 9.87. The number of fused-ring (bicyclic) bond motifs is 3. The van der Waals surface area contributed by atoms with Crippen molar-refractivity contribution in [2.24, 2.45) is 0 Å². The van der Waals surface area contributed by atoms with Gasteiger partial charge in [0.2, 0.25) is 0 Å². The molecule has 0 saturated carbocycles. The molecule has 5 rings (SSSR count). The third-order valence-electron chi connectivity index (χ3n) is 7.45. The highest BCUT2D eigenvalue weighted by Crippen LogP contribution is 2.44. The molecule has 1 fully saturated rings. The monoisotopic (exact) mass is 464 g/mol. The standard InChI is InChI=1S/C28H34F2N4/c1-4-18(2)34-19(3)15-22-21-9-5-6-10-25(21)32-27(22)28(34)26-23(29)16-20(17-24(26)30)31-11-14-33-12-7-8-13-33/h5-6,9-10,16-17,19,28,31-32H,2,4,7-8,11-15H2,1,3H3/t19-,28-/m1/s1. The summed E-state index contributed by atoms with van der Waals surface area (Å²) in [4.78, 5) is 7.97. The zero-order valence-electron chi connectivity index (χ0n) is 20.1. The molecule has 2 N–H and O–H groups in total. The Kier molecular flexibility index (Phi) is 6.34. The first-order valence-corrected chi connectivity index (χ1v) is 12.5. The van der Waals surface area contributed by atoms with E-state index in [1.807, 2.05) is 25.1 Å². The number of hydrogen-bond acceptors (Lipinski definition) is 3. The summed E-state index contributed by atoms with van der Waals surface area (Å²) in [7, 11) is 0. The molecule has 0 unspecified atom stereocenters. The van der Waals surface area contributed by atoms with E-state index in [9.17, 15) is 0 Å². The average Bonchev–Trinajstić information content (AvgIpc) is 3.46. The van der Waals surface area contributed by atoms with E-state index in [-0.39, 0.29) is 11.6 Å². The number of hydrogen-bond donors (Lipinski definition) is 2. The summed E-state index contributed by atoms with van der Waals surface area (Å²) in [6, 6.07) is 10.5. The average molecular weight is 465 g/mol. The number of aromatic nitrogens is 1. The molecule has 3 aromatic rings. The van der Waals surface area contributed by atoms with E-state index >= 15 is 8.78 Å². The number of likely N-dealkylation sites (tertiary alicyclic amines) is 1. The number of para-hydroxylation sites is 1. The molecule has 0 aliphatic carbocycles. The van der Waals surface area contributed by atoms with Gasteiger partial charge in [-0.2, -0.15) is 0 Å². The van der Waals surface area contributed by atoms with Crippen LogP contribution in [0.1, 0.15) is 56.0 Å². The van der Waals surface area contributed by atoms with Crippen molar-refractivity contribution in [2.75, 3.05) is 31.5 Å². The largest absolute Gasteiger partial charge is 0.384 e. The Bertz CT molecular complexity index is 1170. The van der Waals surface area contributed by atoms with Crippen molar-refractivity contribution in [3.8, 4) is 0 Å². The summed E-state index contributed by atoms with van der Waals surface area (Å²) >= 11 is 0. The van der Waals surface area contributed by atoms with Gasteiger partial charge in [-0.05, 0) is 69.5 Å². The van der Waals surface area contributed by atoms with Gasteiger partial charge in [0.25, 0.3) is 0 Å². The lowest BCUT2D eigenvalue weighted by Crippen LogP contribution is -2.42. The predicted octanol–water partition coefficient (Wildman–Crippen LogP) is 6.21. The Labute approximate surface area is 200 Å². The molecule has 2 aromatic carbocycles. The van der Waals surface area contributed by atoms with Crippen LogP contribution in [0.5, 0.6) is 0 Å². The summed E-state index contributed by atoms with van der Waals surface area (Å²) < 4.78 is 31.4. The first-order chi connectivity index (χ1) is 16.5. The molecule has 3 heterocycles. The van der Waals surface area contributed by atoms with Crippen molar-refractivity contribution in [1.29, 1.82) is 0 Å². The second-order valence-corrected chi connectivity index (χ2v) is 9.67. The van der Waals surface area contributed by atoms with Crippen LogP contribution in [-0.2, 0) is 6.42 Å². The summed E-state index contributed by atoms with van der Waals surface area (Å²) in [6.07, 6.45) is 3.98. The molecule has 1 saturated heterocycles. The second-order valence-electron chi connectivity index (χ2n) is 9.67. The van der Waals surface area contributed by atoms with Crippen LogP contribution in [-0.4, -0.2) is 47.0 Å².